The second kappa shape index (κ2) is 8.48. The molecular weight excluding hydrogens is 337 g/mol. The van der Waals surface area contributed by atoms with Crippen LogP contribution >= 0.6 is 11.3 Å². The SMILES string of the molecule is O=C(CCc1nc(-c2ccccn2)cs1)NCCc1ccccc1F. The third kappa shape index (κ3) is 4.93. The molecule has 1 aromatic carbocycles. The molecule has 0 aliphatic rings. The van der Waals surface area contributed by atoms with Crippen molar-refractivity contribution in [1.29, 1.82) is 0 Å². The predicted octanol–water partition coefficient (Wildman–Crippen LogP) is 3.64. The maximum atomic E-state index is 13.5. The highest BCUT2D eigenvalue weighted by Crippen LogP contribution is 2.20. The number of carbonyl (C=O) groups is 1. The maximum absolute atomic E-state index is 13.5. The molecule has 0 radical (unpaired) electrons. The molecule has 0 aliphatic heterocycles. The summed E-state index contributed by atoms with van der Waals surface area (Å²) in [5.41, 5.74) is 2.28. The number of thiazole rings is 1. The van der Waals surface area contributed by atoms with Crippen molar-refractivity contribution < 1.29 is 9.18 Å². The second-order valence-corrected chi connectivity index (χ2v) is 6.48. The van der Waals surface area contributed by atoms with E-state index in [1.54, 1.807) is 24.4 Å². The lowest BCUT2D eigenvalue weighted by Gasteiger charge is -2.05. The molecule has 6 heteroatoms. The highest BCUT2D eigenvalue weighted by atomic mass is 32.1. The highest BCUT2D eigenvalue weighted by Gasteiger charge is 2.08. The van der Waals surface area contributed by atoms with Crippen molar-refractivity contribution >= 4 is 17.2 Å². The Morgan fingerprint density at radius 3 is 2.72 bits per heavy atom. The zero-order chi connectivity index (χ0) is 17.5. The van der Waals surface area contributed by atoms with Gasteiger partial charge >= 0.3 is 0 Å². The maximum Gasteiger partial charge on any atom is 0.220 e. The van der Waals surface area contributed by atoms with Gasteiger partial charge in [0.2, 0.25) is 5.91 Å². The molecule has 0 saturated carbocycles. The van der Waals surface area contributed by atoms with Gasteiger partial charge in [-0.15, -0.1) is 11.3 Å². The second-order valence-electron chi connectivity index (χ2n) is 5.53. The summed E-state index contributed by atoms with van der Waals surface area (Å²) in [6.07, 6.45) is 3.17. The van der Waals surface area contributed by atoms with E-state index in [4.69, 9.17) is 0 Å². The molecule has 0 unspecified atom stereocenters. The van der Waals surface area contributed by atoms with Crippen molar-refractivity contribution in [2.24, 2.45) is 0 Å². The molecule has 3 rings (SSSR count). The van der Waals surface area contributed by atoms with E-state index in [1.807, 2.05) is 23.6 Å². The molecule has 0 spiro atoms. The number of amides is 1. The first-order valence-electron chi connectivity index (χ1n) is 8.08. The van der Waals surface area contributed by atoms with Crippen molar-refractivity contribution in [2.45, 2.75) is 19.3 Å². The molecule has 1 amide bonds. The molecule has 0 saturated heterocycles. The molecular formula is C19H18FN3OS. The molecule has 0 bridgehead atoms. The van der Waals surface area contributed by atoms with Crippen LogP contribution in [0.3, 0.4) is 0 Å². The molecule has 4 nitrogen and oxygen atoms in total. The van der Waals surface area contributed by atoms with Crippen molar-refractivity contribution in [3.8, 4) is 11.4 Å². The van der Waals surface area contributed by atoms with E-state index in [-0.39, 0.29) is 11.7 Å². The first-order valence-corrected chi connectivity index (χ1v) is 8.96. The van der Waals surface area contributed by atoms with Gasteiger partial charge in [0.1, 0.15) is 5.82 Å². The molecule has 3 aromatic rings. The van der Waals surface area contributed by atoms with Gasteiger partial charge in [-0.05, 0) is 30.2 Å². The summed E-state index contributed by atoms with van der Waals surface area (Å²) in [7, 11) is 0. The Labute approximate surface area is 149 Å². The standard InChI is InChI=1S/C19H18FN3OS/c20-15-6-2-1-5-14(15)10-12-22-18(24)8-9-19-23-17(13-25-19)16-7-3-4-11-21-16/h1-7,11,13H,8-10,12H2,(H,22,24). The van der Waals surface area contributed by atoms with Crippen LogP contribution in [0.5, 0.6) is 0 Å². The Kier molecular flexibility index (Phi) is 5.85. The zero-order valence-corrected chi connectivity index (χ0v) is 14.4. The van der Waals surface area contributed by atoms with Crippen LogP contribution in [0.2, 0.25) is 0 Å². The van der Waals surface area contributed by atoms with E-state index in [0.717, 1.165) is 16.4 Å². The van der Waals surface area contributed by atoms with E-state index < -0.39 is 0 Å². The van der Waals surface area contributed by atoms with Gasteiger partial charge in [-0.3, -0.25) is 9.78 Å². The van der Waals surface area contributed by atoms with Crippen LogP contribution in [0.25, 0.3) is 11.4 Å². The Bertz CT molecular complexity index is 835. The van der Waals surface area contributed by atoms with Crippen LogP contribution in [-0.4, -0.2) is 22.4 Å². The van der Waals surface area contributed by atoms with Gasteiger partial charge in [-0.1, -0.05) is 24.3 Å². The summed E-state index contributed by atoms with van der Waals surface area (Å²) in [5.74, 6) is -0.285. The van der Waals surface area contributed by atoms with Crippen LogP contribution in [0.15, 0.2) is 54.0 Å². The summed E-state index contributed by atoms with van der Waals surface area (Å²) in [4.78, 5) is 20.7. The molecule has 0 aliphatic carbocycles. The van der Waals surface area contributed by atoms with Gasteiger partial charge in [0.05, 0.1) is 16.4 Å². The summed E-state index contributed by atoms with van der Waals surface area (Å²) in [6, 6.07) is 12.3. The van der Waals surface area contributed by atoms with Gasteiger partial charge in [-0.2, -0.15) is 0 Å². The smallest absolute Gasteiger partial charge is 0.220 e. The summed E-state index contributed by atoms with van der Waals surface area (Å²) >= 11 is 1.53. The Morgan fingerprint density at radius 2 is 1.92 bits per heavy atom. The minimum Gasteiger partial charge on any atom is -0.356 e. The van der Waals surface area contributed by atoms with Crippen molar-refractivity contribution in [3.05, 3.63) is 70.4 Å². The van der Waals surface area contributed by atoms with Gasteiger partial charge < -0.3 is 5.32 Å². The average Bonchev–Trinajstić information content (AvgIpc) is 3.11. The number of aromatic nitrogens is 2. The Morgan fingerprint density at radius 1 is 1.08 bits per heavy atom. The third-order valence-electron chi connectivity index (χ3n) is 3.72. The largest absolute Gasteiger partial charge is 0.356 e. The highest BCUT2D eigenvalue weighted by molar-refractivity contribution is 7.09. The average molecular weight is 355 g/mol. The van der Waals surface area contributed by atoms with E-state index in [0.29, 0.717) is 31.4 Å². The molecule has 0 atom stereocenters. The van der Waals surface area contributed by atoms with Crippen molar-refractivity contribution in [3.63, 3.8) is 0 Å². The fourth-order valence-corrected chi connectivity index (χ4v) is 3.20. The van der Waals surface area contributed by atoms with Gasteiger partial charge in [-0.25, -0.2) is 9.37 Å². The molecule has 128 valence electrons. The van der Waals surface area contributed by atoms with E-state index in [1.165, 1.54) is 17.4 Å². The number of hydrogen-bond donors (Lipinski definition) is 1. The number of nitrogens with one attached hydrogen (secondary N) is 1. The van der Waals surface area contributed by atoms with Crippen molar-refractivity contribution in [2.75, 3.05) is 6.54 Å². The normalized spacial score (nSPS) is 10.6. The van der Waals surface area contributed by atoms with E-state index in [9.17, 15) is 9.18 Å². The van der Waals surface area contributed by atoms with Crippen LogP contribution in [0.1, 0.15) is 17.0 Å². The van der Waals surface area contributed by atoms with Gasteiger partial charge in [0, 0.05) is 31.0 Å². The number of benzene rings is 1. The molecule has 0 fully saturated rings. The number of nitrogens with zero attached hydrogens (tertiary/aromatic N) is 2. The molecule has 2 heterocycles. The minimum absolute atomic E-state index is 0.0501. The first kappa shape index (κ1) is 17.2. The number of rotatable bonds is 7. The van der Waals surface area contributed by atoms with Crippen LogP contribution in [-0.2, 0) is 17.6 Å². The van der Waals surface area contributed by atoms with Crippen molar-refractivity contribution in [1.82, 2.24) is 15.3 Å². The topological polar surface area (TPSA) is 54.9 Å². The number of pyridine rings is 1. The van der Waals surface area contributed by atoms with Gasteiger partial charge in [0.15, 0.2) is 0 Å². The quantitative estimate of drug-likeness (QED) is 0.704. The third-order valence-corrected chi connectivity index (χ3v) is 4.63. The first-order chi connectivity index (χ1) is 12.2. The number of hydrogen-bond acceptors (Lipinski definition) is 4. The minimum atomic E-state index is -0.235. The summed E-state index contributed by atoms with van der Waals surface area (Å²) in [6.45, 7) is 0.427. The summed E-state index contributed by atoms with van der Waals surface area (Å²) < 4.78 is 13.5. The monoisotopic (exact) mass is 355 g/mol. The molecule has 2 aromatic heterocycles. The number of carbonyl (C=O) groups excluding carboxylic acids is 1. The Hall–Kier alpha value is -2.60. The zero-order valence-electron chi connectivity index (χ0n) is 13.6. The molecule has 1 N–H and O–H groups in total. The van der Waals surface area contributed by atoms with Gasteiger partial charge in [0.25, 0.3) is 0 Å². The lowest BCUT2D eigenvalue weighted by atomic mass is 10.1. The predicted molar refractivity (Wildman–Crippen MR) is 96.8 cm³/mol. The number of halogens is 1. The fourth-order valence-electron chi connectivity index (χ4n) is 2.40. The van der Waals surface area contributed by atoms with Crippen LogP contribution < -0.4 is 5.32 Å². The Balaban J connectivity index is 1.44. The molecule has 25 heavy (non-hydrogen) atoms. The summed E-state index contributed by atoms with van der Waals surface area (Å²) in [5, 5.41) is 5.69. The van der Waals surface area contributed by atoms with Crippen LogP contribution in [0.4, 0.5) is 4.39 Å². The number of aryl methyl sites for hydroxylation is 1. The lowest BCUT2D eigenvalue weighted by molar-refractivity contribution is -0.121. The van der Waals surface area contributed by atoms with E-state index >= 15 is 0 Å². The van der Waals surface area contributed by atoms with E-state index in [2.05, 4.69) is 15.3 Å². The fraction of sp³-hybridized carbons (Fsp3) is 0.211. The van der Waals surface area contributed by atoms with Crippen LogP contribution in [0, 0.1) is 5.82 Å². The lowest BCUT2D eigenvalue weighted by Crippen LogP contribution is -2.26.